The van der Waals surface area contributed by atoms with Crippen LogP contribution in [-0.2, 0) is 4.74 Å². The zero-order chi connectivity index (χ0) is 8.23. The van der Waals surface area contributed by atoms with Gasteiger partial charge in [-0.15, -0.1) is 11.3 Å². The Balaban J connectivity index is 2.00. The minimum Gasteiger partial charge on any atom is -0.366 e. The highest BCUT2D eigenvalue weighted by Gasteiger charge is 2.11. The van der Waals surface area contributed by atoms with E-state index in [1.807, 2.05) is 17.5 Å². The molecule has 2 rings (SSSR count). The Morgan fingerprint density at radius 2 is 2.58 bits per heavy atom. The van der Waals surface area contributed by atoms with Gasteiger partial charge in [-0.3, -0.25) is 0 Å². The molecule has 0 aliphatic carbocycles. The summed E-state index contributed by atoms with van der Waals surface area (Å²) < 4.78 is 5.38. The van der Waals surface area contributed by atoms with Crippen molar-refractivity contribution in [2.45, 2.75) is 18.9 Å². The maximum atomic E-state index is 5.38. The van der Waals surface area contributed by atoms with E-state index in [1.165, 1.54) is 0 Å². The molecule has 2 heterocycles. The van der Waals surface area contributed by atoms with Crippen molar-refractivity contribution >= 4 is 11.3 Å². The van der Waals surface area contributed by atoms with E-state index in [0.29, 0.717) is 0 Å². The van der Waals surface area contributed by atoms with Crippen molar-refractivity contribution in [3.8, 4) is 11.8 Å². The lowest BCUT2D eigenvalue weighted by Crippen LogP contribution is -1.99. The largest absolute Gasteiger partial charge is 0.366 e. The molecule has 1 nitrogen and oxygen atoms in total. The van der Waals surface area contributed by atoms with Crippen LogP contribution in [0.1, 0.15) is 17.7 Å². The van der Waals surface area contributed by atoms with Gasteiger partial charge in [0.1, 0.15) is 6.10 Å². The second-order valence-electron chi connectivity index (χ2n) is 2.75. The van der Waals surface area contributed by atoms with Crippen LogP contribution in [0.3, 0.4) is 0 Å². The van der Waals surface area contributed by atoms with Gasteiger partial charge < -0.3 is 4.74 Å². The average molecular weight is 178 g/mol. The second kappa shape index (κ2) is 3.75. The predicted molar refractivity (Wildman–Crippen MR) is 50.2 cm³/mol. The predicted octanol–water partition coefficient (Wildman–Crippen LogP) is 2.28. The fourth-order valence-corrected chi connectivity index (χ4v) is 1.77. The van der Waals surface area contributed by atoms with Gasteiger partial charge in [0.2, 0.25) is 0 Å². The normalized spacial score (nSPS) is 21.8. The van der Waals surface area contributed by atoms with E-state index in [4.69, 9.17) is 4.74 Å². The SMILES string of the molecule is C(#C[C@@H]1CCCO1)c1cccs1. The smallest absolute Gasteiger partial charge is 0.118 e. The minimum absolute atomic E-state index is 0.187. The molecule has 0 amide bonds. The van der Waals surface area contributed by atoms with Gasteiger partial charge in [0, 0.05) is 6.61 Å². The van der Waals surface area contributed by atoms with Gasteiger partial charge in [0.05, 0.1) is 4.88 Å². The standard InChI is InChI=1S/C10H10OS/c1-3-9(11-7-1)5-6-10-4-2-8-12-10/h2,4,8-9H,1,3,7H2/t9-/m0/s1. The van der Waals surface area contributed by atoms with Crippen LogP contribution >= 0.6 is 11.3 Å². The summed E-state index contributed by atoms with van der Waals surface area (Å²) in [6.07, 6.45) is 2.44. The maximum absolute atomic E-state index is 5.38. The van der Waals surface area contributed by atoms with Gasteiger partial charge in [0.15, 0.2) is 0 Å². The van der Waals surface area contributed by atoms with Crippen molar-refractivity contribution in [2.75, 3.05) is 6.61 Å². The number of thiophene rings is 1. The van der Waals surface area contributed by atoms with Gasteiger partial charge in [-0.25, -0.2) is 0 Å². The molecule has 0 unspecified atom stereocenters. The van der Waals surface area contributed by atoms with Gasteiger partial charge in [-0.2, -0.15) is 0 Å². The van der Waals surface area contributed by atoms with Gasteiger partial charge in [-0.1, -0.05) is 17.9 Å². The summed E-state index contributed by atoms with van der Waals surface area (Å²) in [7, 11) is 0. The Morgan fingerprint density at radius 3 is 3.25 bits per heavy atom. The van der Waals surface area contributed by atoms with Crippen molar-refractivity contribution in [3.63, 3.8) is 0 Å². The first-order valence-corrected chi connectivity index (χ1v) is 5.00. The summed E-state index contributed by atoms with van der Waals surface area (Å²) in [5.74, 6) is 6.23. The average Bonchev–Trinajstić information content (AvgIpc) is 2.74. The van der Waals surface area contributed by atoms with Crippen LogP contribution in [0.2, 0.25) is 0 Å². The lowest BCUT2D eigenvalue weighted by molar-refractivity contribution is 0.152. The first-order valence-electron chi connectivity index (χ1n) is 4.12. The zero-order valence-electron chi connectivity index (χ0n) is 6.75. The Kier molecular flexibility index (Phi) is 2.45. The molecular weight excluding hydrogens is 168 g/mol. The Hall–Kier alpha value is -0.780. The van der Waals surface area contributed by atoms with Crippen LogP contribution in [0, 0.1) is 11.8 Å². The third kappa shape index (κ3) is 1.88. The zero-order valence-corrected chi connectivity index (χ0v) is 7.56. The molecule has 0 saturated carbocycles. The van der Waals surface area contributed by atoms with Crippen LogP contribution in [0.5, 0.6) is 0 Å². The van der Waals surface area contributed by atoms with Crippen molar-refractivity contribution in [1.29, 1.82) is 0 Å². The summed E-state index contributed by atoms with van der Waals surface area (Å²) in [6.45, 7) is 0.879. The molecule has 1 aromatic rings. The quantitative estimate of drug-likeness (QED) is 0.554. The fraction of sp³-hybridized carbons (Fsp3) is 0.400. The monoisotopic (exact) mass is 178 g/mol. The number of hydrogen-bond donors (Lipinski definition) is 0. The van der Waals surface area contributed by atoms with Crippen LogP contribution in [0.15, 0.2) is 17.5 Å². The van der Waals surface area contributed by atoms with E-state index in [9.17, 15) is 0 Å². The first kappa shape index (κ1) is 7.85. The molecule has 12 heavy (non-hydrogen) atoms. The molecule has 0 N–H and O–H groups in total. The van der Waals surface area contributed by atoms with Gasteiger partial charge in [0.25, 0.3) is 0 Å². The Bertz CT molecular complexity index is 285. The fourth-order valence-electron chi connectivity index (χ4n) is 1.19. The lowest BCUT2D eigenvalue weighted by Gasteiger charge is -1.95. The molecule has 0 aromatic carbocycles. The molecule has 1 aliphatic rings. The molecule has 2 heteroatoms. The van der Waals surface area contributed by atoms with Crippen molar-refractivity contribution in [1.82, 2.24) is 0 Å². The topological polar surface area (TPSA) is 9.23 Å². The molecule has 1 aliphatic heterocycles. The number of ether oxygens (including phenoxy) is 1. The third-order valence-electron chi connectivity index (χ3n) is 1.81. The highest BCUT2D eigenvalue weighted by atomic mass is 32.1. The molecule has 1 saturated heterocycles. The summed E-state index contributed by atoms with van der Waals surface area (Å²) in [6, 6.07) is 4.05. The summed E-state index contributed by atoms with van der Waals surface area (Å²) in [4.78, 5) is 1.13. The Morgan fingerprint density at radius 1 is 1.58 bits per heavy atom. The summed E-state index contributed by atoms with van der Waals surface area (Å²) >= 11 is 1.68. The van der Waals surface area contributed by atoms with Crippen LogP contribution in [-0.4, -0.2) is 12.7 Å². The van der Waals surface area contributed by atoms with E-state index < -0.39 is 0 Å². The number of hydrogen-bond acceptors (Lipinski definition) is 2. The van der Waals surface area contributed by atoms with E-state index in [2.05, 4.69) is 11.8 Å². The molecule has 1 aromatic heterocycles. The minimum atomic E-state index is 0.187. The van der Waals surface area contributed by atoms with Crippen molar-refractivity contribution in [3.05, 3.63) is 22.4 Å². The van der Waals surface area contributed by atoms with E-state index in [-0.39, 0.29) is 6.10 Å². The molecule has 0 spiro atoms. The van der Waals surface area contributed by atoms with Crippen LogP contribution < -0.4 is 0 Å². The Labute approximate surface area is 76.4 Å². The third-order valence-corrected chi connectivity index (χ3v) is 2.59. The van der Waals surface area contributed by atoms with E-state index in [0.717, 1.165) is 24.3 Å². The van der Waals surface area contributed by atoms with Crippen molar-refractivity contribution < 1.29 is 4.74 Å². The molecule has 1 fully saturated rings. The van der Waals surface area contributed by atoms with Gasteiger partial charge in [-0.05, 0) is 24.3 Å². The molecular formula is C10H10OS. The number of rotatable bonds is 0. The molecule has 1 atom stereocenters. The lowest BCUT2D eigenvalue weighted by atomic mass is 10.2. The second-order valence-corrected chi connectivity index (χ2v) is 3.70. The molecule has 0 bridgehead atoms. The molecule has 62 valence electrons. The van der Waals surface area contributed by atoms with Crippen LogP contribution in [0.25, 0.3) is 0 Å². The van der Waals surface area contributed by atoms with Crippen LogP contribution in [0.4, 0.5) is 0 Å². The van der Waals surface area contributed by atoms with Crippen molar-refractivity contribution in [2.24, 2.45) is 0 Å². The van der Waals surface area contributed by atoms with E-state index in [1.54, 1.807) is 11.3 Å². The summed E-state index contributed by atoms with van der Waals surface area (Å²) in [5.41, 5.74) is 0. The molecule has 0 radical (unpaired) electrons. The maximum Gasteiger partial charge on any atom is 0.118 e. The highest BCUT2D eigenvalue weighted by Crippen LogP contribution is 2.11. The summed E-state index contributed by atoms with van der Waals surface area (Å²) in [5, 5.41) is 2.04. The van der Waals surface area contributed by atoms with E-state index >= 15 is 0 Å². The highest BCUT2D eigenvalue weighted by molar-refractivity contribution is 7.10. The van der Waals surface area contributed by atoms with Gasteiger partial charge >= 0.3 is 0 Å². The first-order chi connectivity index (χ1) is 5.95.